The first-order valence-electron chi connectivity index (χ1n) is 7.05. The third-order valence-electron chi connectivity index (χ3n) is 3.30. The monoisotopic (exact) mass is 347 g/mol. The van der Waals surface area contributed by atoms with Gasteiger partial charge in [0.25, 0.3) is 10.1 Å². The molecule has 128 valence electrons. The molecular formula is C14H18FNO6S. The Morgan fingerprint density at radius 2 is 2.09 bits per heavy atom. The van der Waals surface area contributed by atoms with Crippen molar-refractivity contribution in [2.75, 3.05) is 38.6 Å². The summed E-state index contributed by atoms with van der Waals surface area (Å²) in [6, 6.07) is 4.90. The van der Waals surface area contributed by atoms with Gasteiger partial charge < -0.3 is 9.47 Å². The SMILES string of the molecule is O=C(OC(CN1CCOCC1)CS(=O)(=O)O)c1cccc(F)c1. The zero-order valence-electron chi connectivity index (χ0n) is 12.4. The highest BCUT2D eigenvalue weighted by Crippen LogP contribution is 2.10. The Bertz CT molecular complexity index is 644. The second-order valence-corrected chi connectivity index (χ2v) is 6.70. The average molecular weight is 347 g/mol. The van der Waals surface area contributed by atoms with E-state index in [1.807, 2.05) is 4.90 Å². The first-order valence-corrected chi connectivity index (χ1v) is 8.66. The fourth-order valence-electron chi connectivity index (χ4n) is 2.27. The minimum Gasteiger partial charge on any atom is -0.456 e. The molecule has 0 radical (unpaired) electrons. The predicted octanol–water partition coefficient (Wildman–Crippen LogP) is 0.571. The predicted molar refractivity (Wildman–Crippen MR) is 79.3 cm³/mol. The Balaban J connectivity index is 2.05. The van der Waals surface area contributed by atoms with Gasteiger partial charge in [-0.3, -0.25) is 9.45 Å². The van der Waals surface area contributed by atoms with Gasteiger partial charge in [-0.25, -0.2) is 9.18 Å². The smallest absolute Gasteiger partial charge is 0.338 e. The molecule has 1 saturated heterocycles. The maximum absolute atomic E-state index is 13.1. The van der Waals surface area contributed by atoms with E-state index >= 15 is 0 Å². The van der Waals surface area contributed by atoms with Crippen molar-refractivity contribution in [2.24, 2.45) is 0 Å². The van der Waals surface area contributed by atoms with Crippen LogP contribution < -0.4 is 0 Å². The van der Waals surface area contributed by atoms with Crippen LogP contribution in [0.1, 0.15) is 10.4 Å². The van der Waals surface area contributed by atoms with Gasteiger partial charge in [0.1, 0.15) is 17.7 Å². The lowest BCUT2D eigenvalue weighted by Crippen LogP contribution is -2.44. The molecule has 0 saturated carbocycles. The summed E-state index contributed by atoms with van der Waals surface area (Å²) in [7, 11) is -4.32. The molecule has 7 nitrogen and oxygen atoms in total. The van der Waals surface area contributed by atoms with E-state index in [1.165, 1.54) is 18.2 Å². The summed E-state index contributed by atoms with van der Waals surface area (Å²) in [4.78, 5) is 13.9. The Morgan fingerprint density at radius 1 is 1.39 bits per heavy atom. The molecular weight excluding hydrogens is 329 g/mol. The van der Waals surface area contributed by atoms with Gasteiger partial charge in [0.05, 0.1) is 18.8 Å². The zero-order valence-corrected chi connectivity index (χ0v) is 13.2. The van der Waals surface area contributed by atoms with Crippen molar-refractivity contribution in [3.8, 4) is 0 Å². The molecule has 0 aliphatic carbocycles. The van der Waals surface area contributed by atoms with Crippen LogP contribution in [0.15, 0.2) is 24.3 Å². The van der Waals surface area contributed by atoms with E-state index in [2.05, 4.69) is 0 Å². The van der Waals surface area contributed by atoms with Gasteiger partial charge >= 0.3 is 5.97 Å². The van der Waals surface area contributed by atoms with Crippen LogP contribution in [0.25, 0.3) is 0 Å². The van der Waals surface area contributed by atoms with Crippen LogP contribution in [0.3, 0.4) is 0 Å². The minimum atomic E-state index is -4.32. The van der Waals surface area contributed by atoms with Crippen LogP contribution in [0.4, 0.5) is 4.39 Å². The van der Waals surface area contributed by atoms with E-state index in [1.54, 1.807) is 0 Å². The van der Waals surface area contributed by atoms with Crippen molar-refractivity contribution in [2.45, 2.75) is 6.10 Å². The van der Waals surface area contributed by atoms with Crippen LogP contribution in [-0.2, 0) is 19.6 Å². The van der Waals surface area contributed by atoms with Gasteiger partial charge in [-0.1, -0.05) is 6.07 Å². The van der Waals surface area contributed by atoms with Gasteiger partial charge in [0.2, 0.25) is 0 Å². The Labute approximate surface area is 133 Å². The summed E-state index contributed by atoms with van der Waals surface area (Å²) in [5, 5.41) is 0. The quantitative estimate of drug-likeness (QED) is 0.594. The van der Waals surface area contributed by atoms with Gasteiger partial charge in [0.15, 0.2) is 0 Å². The second kappa shape index (κ2) is 7.82. The van der Waals surface area contributed by atoms with Crippen molar-refractivity contribution in [1.82, 2.24) is 4.90 Å². The highest BCUT2D eigenvalue weighted by molar-refractivity contribution is 7.85. The topological polar surface area (TPSA) is 93.1 Å². The number of nitrogens with zero attached hydrogens (tertiary/aromatic N) is 1. The van der Waals surface area contributed by atoms with Gasteiger partial charge in [-0.2, -0.15) is 8.42 Å². The number of morpholine rings is 1. The van der Waals surface area contributed by atoms with Crippen LogP contribution in [0, 0.1) is 5.82 Å². The van der Waals surface area contributed by atoms with Crippen molar-refractivity contribution in [3.05, 3.63) is 35.6 Å². The molecule has 1 aromatic rings. The van der Waals surface area contributed by atoms with Crippen molar-refractivity contribution in [1.29, 1.82) is 0 Å². The van der Waals surface area contributed by atoms with Gasteiger partial charge in [-0.05, 0) is 18.2 Å². The van der Waals surface area contributed by atoms with Crippen LogP contribution in [-0.4, -0.2) is 68.5 Å². The van der Waals surface area contributed by atoms with E-state index < -0.39 is 33.8 Å². The maximum atomic E-state index is 13.1. The summed E-state index contributed by atoms with van der Waals surface area (Å²) in [5.74, 6) is -2.16. The molecule has 1 N–H and O–H groups in total. The molecule has 23 heavy (non-hydrogen) atoms. The van der Waals surface area contributed by atoms with Gasteiger partial charge in [-0.15, -0.1) is 0 Å². The van der Waals surface area contributed by atoms with E-state index in [4.69, 9.17) is 14.0 Å². The number of hydrogen-bond acceptors (Lipinski definition) is 6. The molecule has 0 aromatic heterocycles. The normalized spacial score (nSPS) is 17.7. The third-order valence-corrected chi connectivity index (χ3v) is 4.09. The minimum absolute atomic E-state index is 0.0210. The molecule has 1 fully saturated rings. The zero-order chi connectivity index (χ0) is 16.9. The fraction of sp³-hybridized carbons (Fsp3) is 0.500. The summed E-state index contributed by atoms with van der Waals surface area (Å²) >= 11 is 0. The van der Waals surface area contributed by atoms with Crippen LogP contribution in [0.2, 0.25) is 0 Å². The first kappa shape index (κ1) is 17.8. The van der Waals surface area contributed by atoms with E-state index in [-0.39, 0.29) is 12.1 Å². The van der Waals surface area contributed by atoms with Crippen LogP contribution in [0.5, 0.6) is 0 Å². The largest absolute Gasteiger partial charge is 0.456 e. The Kier molecular flexibility index (Phi) is 6.05. The molecule has 1 heterocycles. The summed E-state index contributed by atoms with van der Waals surface area (Å²) in [5.41, 5.74) is -0.0210. The lowest BCUT2D eigenvalue weighted by Gasteiger charge is -2.29. The number of hydrogen-bond donors (Lipinski definition) is 1. The second-order valence-electron chi connectivity index (χ2n) is 5.20. The molecule has 1 unspecified atom stereocenters. The lowest BCUT2D eigenvalue weighted by molar-refractivity contribution is 0.000930. The maximum Gasteiger partial charge on any atom is 0.338 e. The van der Waals surface area contributed by atoms with Gasteiger partial charge in [0, 0.05) is 19.6 Å². The molecule has 9 heteroatoms. The number of carbonyl (C=O) groups is 1. The number of benzene rings is 1. The summed E-state index contributed by atoms with van der Waals surface area (Å²) < 4.78 is 54.7. The van der Waals surface area contributed by atoms with E-state index in [0.717, 1.165) is 6.07 Å². The summed E-state index contributed by atoms with van der Waals surface area (Å²) in [6.45, 7) is 2.27. The average Bonchev–Trinajstić information content (AvgIpc) is 2.46. The van der Waals surface area contributed by atoms with Crippen molar-refractivity contribution < 1.29 is 31.6 Å². The summed E-state index contributed by atoms with van der Waals surface area (Å²) in [6.07, 6.45) is -1.06. The number of carbonyl (C=O) groups excluding carboxylic acids is 1. The third kappa shape index (κ3) is 6.22. The van der Waals surface area contributed by atoms with E-state index in [0.29, 0.717) is 26.3 Å². The highest BCUT2D eigenvalue weighted by Gasteiger charge is 2.25. The first-order chi connectivity index (χ1) is 10.8. The molecule has 2 rings (SSSR count). The van der Waals surface area contributed by atoms with Crippen molar-refractivity contribution in [3.63, 3.8) is 0 Å². The standard InChI is InChI=1S/C14H18FNO6S/c15-12-3-1-2-11(8-12)14(17)22-13(10-23(18,19)20)9-16-4-6-21-7-5-16/h1-3,8,13H,4-7,9-10H2,(H,18,19,20). The number of halogens is 1. The molecule has 1 aliphatic heterocycles. The van der Waals surface area contributed by atoms with E-state index in [9.17, 15) is 17.6 Å². The van der Waals surface area contributed by atoms with Crippen molar-refractivity contribution >= 4 is 16.1 Å². The molecule has 1 aromatic carbocycles. The molecule has 1 aliphatic rings. The number of esters is 1. The molecule has 0 spiro atoms. The Hall–Kier alpha value is -1.55. The lowest BCUT2D eigenvalue weighted by atomic mass is 10.2. The Morgan fingerprint density at radius 3 is 2.70 bits per heavy atom. The number of ether oxygens (including phenoxy) is 2. The molecule has 0 bridgehead atoms. The molecule has 0 amide bonds. The number of rotatable bonds is 6. The molecule has 1 atom stereocenters. The van der Waals surface area contributed by atoms with Crippen LogP contribution >= 0.6 is 0 Å². The highest BCUT2D eigenvalue weighted by atomic mass is 32.2. The fourth-order valence-corrected chi connectivity index (χ4v) is 2.91.